The standard InChI is InChI=1S/C15H19NO2/c1-15(2)8-11(15)14(18)16-13-10-6-4-3-5-9(10)7-12(13)17/h3-6,11-13,17H,7-8H2,1-2H3,(H,16,18)/t11-,12?,13?/m1/s1. The number of carbonyl (C=O) groups excluding carboxylic acids is 1. The molecule has 1 amide bonds. The van der Waals surface area contributed by atoms with Crippen LogP contribution in [0.3, 0.4) is 0 Å². The van der Waals surface area contributed by atoms with Gasteiger partial charge in [-0.15, -0.1) is 0 Å². The average molecular weight is 245 g/mol. The van der Waals surface area contributed by atoms with E-state index in [-0.39, 0.29) is 23.3 Å². The van der Waals surface area contributed by atoms with Gasteiger partial charge >= 0.3 is 0 Å². The Bertz CT molecular complexity index is 495. The zero-order valence-corrected chi connectivity index (χ0v) is 10.8. The highest BCUT2D eigenvalue weighted by atomic mass is 16.3. The molecule has 0 bridgehead atoms. The molecule has 0 spiro atoms. The van der Waals surface area contributed by atoms with E-state index in [1.165, 1.54) is 0 Å². The van der Waals surface area contributed by atoms with Crippen LogP contribution in [0.15, 0.2) is 24.3 Å². The SMILES string of the molecule is CC1(C)C[C@@H]1C(=O)NC1c2ccccc2CC1O. The first-order valence-electron chi connectivity index (χ1n) is 6.55. The van der Waals surface area contributed by atoms with Gasteiger partial charge in [0.1, 0.15) is 0 Å². The highest BCUT2D eigenvalue weighted by Gasteiger charge is 2.51. The van der Waals surface area contributed by atoms with Crippen LogP contribution in [0, 0.1) is 11.3 Å². The zero-order valence-electron chi connectivity index (χ0n) is 10.8. The van der Waals surface area contributed by atoms with E-state index in [0.717, 1.165) is 17.5 Å². The largest absolute Gasteiger partial charge is 0.390 e. The van der Waals surface area contributed by atoms with Gasteiger partial charge in [0, 0.05) is 12.3 Å². The van der Waals surface area contributed by atoms with Gasteiger partial charge in [-0.2, -0.15) is 0 Å². The third-order valence-electron chi connectivity index (χ3n) is 4.33. The maximum atomic E-state index is 12.1. The molecule has 3 rings (SSSR count). The van der Waals surface area contributed by atoms with Crippen molar-refractivity contribution in [2.24, 2.45) is 11.3 Å². The van der Waals surface area contributed by atoms with Crippen LogP contribution in [-0.2, 0) is 11.2 Å². The monoisotopic (exact) mass is 245 g/mol. The lowest BCUT2D eigenvalue weighted by Gasteiger charge is -2.18. The summed E-state index contributed by atoms with van der Waals surface area (Å²) in [5, 5.41) is 13.1. The minimum absolute atomic E-state index is 0.0840. The number of carbonyl (C=O) groups is 1. The summed E-state index contributed by atoms with van der Waals surface area (Å²) in [4.78, 5) is 12.1. The maximum Gasteiger partial charge on any atom is 0.224 e. The molecule has 0 saturated heterocycles. The molecular weight excluding hydrogens is 226 g/mol. The van der Waals surface area contributed by atoms with E-state index in [1.54, 1.807) is 0 Å². The molecule has 1 saturated carbocycles. The molecule has 2 aliphatic rings. The predicted octanol–water partition coefficient (Wildman–Crippen LogP) is 1.81. The summed E-state index contributed by atoms with van der Waals surface area (Å²) in [6.07, 6.45) is 1.09. The minimum atomic E-state index is -0.492. The van der Waals surface area contributed by atoms with Crippen molar-refractivity contribution < 1.29 is 9.90 Å². The van der Waals surface area contributed by atoms with Crippen molar-refractivity contribution in [3.8, 4) is 0 Å². The van der Waals surface area contributed by atoms with E-state index in [1.807, 2.05) is 24.3 Å². The number of aliphatic hydroxyl groups excluding tert-OH is 1. The summed E-state index contributed by atoms with van der Waals surface area (Å²) in [7, 11) is 0. The number of nitrogens with one attached hydrogen (secondary N) is 1. The lowest BCUT2D eigenvalue weighted by molar-refractivity contribution is -0.124. The molecule has 0 radical (unpaired) electrons. The van der Waals surface area contributed by atoms with Gasteiger partial charge < -0.3 is 10.4 Å². The van der Waals surface area contributed by atoms with Crippen molar-refractivity contribution >= 4 is 5.91 Å². The number of aliphatic hydroxyl groups is 1. The summed E-state index contributed by atoms with van der Waals surface area (Å²) in [5.41, 5.74) is 2.34. The lowest BCUT2D eigenvalue weighted by atomic mass is 10.1. The molecule has 1 fully saturated rings. The predicted molar refractivity (Wildman–Crippen MR) is 68.9 cm³/mol. The molecule has 3 nitrogen and oxygen atoms in total. The number of benzene rings is 1. The smallest absolute Gasteiger partial charge is 0.224 e. The lowest BCUT2D eigenvalue weighted by Crippen LogP contribution is -2.35. The zero-order chi connectivity index (χ0) is 12.9. The molecule has 0 heterocycles. The minimum Gasteiger partial charge on any atom is -0.390 e. The third-order valence-corrected chi connectivity index (χ3v) is 4.33. The topological polar surface area (TPSA) is 49.3 Å². The summed E-state index contributed by atoms with van der Waals surface area (Å²) >= 11 is 0. The van der Waals surface area contributed by atoms with Gasteiger partial charge in [0.15, 0.2) is 0 Å². The summed E-state index contributed by atoms with van der Waals surface area (Å²) in [6, 6.07) is 7.71. The van der Waals surface area contributed by atoms with Gasteiger partial charge in [0.25, 0.3) is 0 Å². The molecule has 0 aliphatic heterocycles. The molecule has 0 aromatic heterocycles. The normalized spacial score (nSPS) is 31.8. The fourth-order valence-electron chi connectivity index (χ4n) is 2.92. The molecule has 1 aromatic rings. The van der Waals surface area contributed by atoms with Crippen LogP contribution >= 0.6 is 0 Å². The number of amides is 1. The second-order valence-electron chi connectivity index (χ2n) is 6.20. The first-order valence-corrected chi connectivity index (χ1v) is 6.55. The van der Waals surface area contributed by atoms with Crippen molar-refractivity contribution in [3.63, 3.8) is 0 Å². The second kappa shape index (κ2) is 3.82. The second-order valence-corrected chi connectivity index (χ2v) is 6.20. The van der Waals surface area contributed by atoms with E-state index in [4.69, 9.17) is 0 Å². The number of fused-ring (bicyclic) bond motifs is 1. The van der Waals surface area contributed by atoms with E-state index in [0.29, 0.717) is 6.42 Å². The van der Waals surface area contributed by atoms with Gasteiger partial charge in [-0.1, -0.05) is 38.1 Å². The van der Waals surface area contributed by atoms with Crippen molar-refractivity contribution in [1.29, 1.82) is 0 Å². The van der Waals surface area contributed by atoms with Crippen molar-refractivity contribution in [2.75, 3.05) is 0 Å². The molecular formula is C15H19NO2. The van der Waals surface area contributed by atoms with Gasteiger partial charge in [-0.3, -0.25) is 4.79 Å². The molecule has 2 aliphatic carbocycles. The Hall–Kier alpha value is -1.35. The van der Waals surface area contributed by atoms with Gasteiger partial charge in [-0.25, -0.2) is 0 Å². The number of hydrogen-bond donors (Lipinski definition) is 2. The Morgan fingerprint density at radius 2 is 2.06 bits per heavy atom. The molecule has 18 heavy (non-hydrogen) atoms. The van der Waals surface area contributed by atoms with Crippen LogP contribution in [0.2, 0.25) is 0 Å². The summed E-state index contributed by atoms with van der Waals surface area (Å²) < 4.78 is 0. The van der Waals surface area contributed by atoms with E-state index in [2.05, 4.69) is 19.2 Å². The van der Waals surface area contributed by atoms with Gasteiger partial charge in [-0.05, 0) is 23.0 Å². The fourth-order valence-corrected chi connectivity index (χ4v) is 2.92. The number of hydrogen-bond acceptors (Lipinski definition) is 2. The fraction of sp³-hybridized carbons (Fsp3) is 0.533. The van der Waals surface area contributed by atoms with Crippen LogP contribution in [-0.4, -0.2) is 17.1 Å². The Labute approximate surface area is 107 Å². The molecule has 2 unspecified atom stereocenters. The summed E-state index contributed by atoms with van der Waals surface area (Å²) in [5.74, 6) is 0.193. The van der Waals surface area contributed by atoms with E-state index >= 15 is 0 Å². The van der Waals surface area contributed by atoms with Crippen LogP contribution in [0.1, 0.15) is 37.4 Å². The van der Waals surface area contributed by atoms with Crippen molar-refractivity contribution in [1.82, 2.24) is 5.32 Å². The number of rotatable bonds is 2. The average Bonchev–Trinajstić information content (AvgIpc) is 2.84. The molecule has 2 N–H and O–H groups in total. The summed E-state index contributed by atoms with van der Waals surface area (Å²) in [6.45, 7) is 4.21. The quantitative estimate of drug-likeness (QED) is 0.835. The molecule has 96 valence electrons. The van der Waals surface area contributed by atoms with Gasteiger partial charge in [0.05, 0.1) is 12.1 Å². The molecule has 3 heteroatoms. The molecule has 1 aromatic carbocycles. The Balaban J connectivity index is 1.76. The Kier molecular flexibility index (Phi) is 2.49. The highest BCUT2D eigenvalue weighted by Crippen LogP contribution is 2.52. The van der Waals surface area contributed by atoms with E-state index in [9.17, 15) is 9.90 Å². The van der Waals surface area contributed by atoms with Crippen molar-refractivity contribution in [2.45, 2.75) is 38.8 Å². The van der Waals surface area contributed by atoms with E-state index < -0.39 is 6.10 Å². The Morgan fingerprint density at radius 1 is 1.39 bits per heavy atom. The van der Waals surface area contributed by atoms with Crippen LogP contribution in [0.5, 0.6) is 0 Å². The Morgan fingerprint density at radius 3 is 2.72 bits per heavy atom. The van der Waals surface area contributed by atoms with Crippen molar-refractivity contribution in [3.05, 3.63) is 35.4 Å². The first kappa shape index (κ1) is 11.7. The van der Waals surface area contributed by atoms with Crippen LogP contribution < -0.4 is 5.32 Å². The highest BCUT2D eigenvalue weighted by molar-refractivity contribution is 5.83. The van der Waals surface area contributed by atoms with Gasteiger partial charge in [0.2, 0.25) is 5.91 Å². The van der Waals surface area contributed by atoms with Crippen LogP contribution in [0.25, 0.3) is 0 Å². The third kappa shape index (κ3) is 1.83. The molecule has 3 atom stereocenters. The first-order chi connectivity index (χ1) is 8.49. The van der Waals surface area contributed by atoms with Crippen LogP contribution in [0.4, 0.5) is 0 Å². The maximum absolute atomic E-state index is 12.1.